The fourth-order valence-corrected chi connectivity index (χ4v) is 2.78. The summed E-state index contributed by atoms with van der Waals surface area (Å²) in [6.07, 6.45) is 0. The molecule has 22 heavy (non-hydrogen) atoms. The van der Waals surface area contributed by atoms with Crippen molar-refractivity contribution >= 4 is 11.6 Å². The van der Waals surface area contributed by atoms with Crippen LogP contribution in [0.5, 0.6) is 5.75 Å². The van der Waals surface area contributed by atoms with Crippen LogP contribution in [0.3, 0.4) is 0 Å². The lowest BCUT2D eigenvalue weighted by Crippen LogP contribution is -1.90. The van der Waals surface area contributed by atoms with Crippen molar-refractivity contribution in [2.75, 3.05) is 7.11 Å². The van der Waals surface area contributed by atoms with Crippen LogP contribution in [0.2, 0.25) is 0 Å². The molecule has 3 rings (SSSR count). The van der Waals surface area contributed by atoms with Crippen molar-refractivity contribution in [1.29, 1.82) is 0 Å². The summed E-state index contributed by atoms with van der Waals surface area (Å²) in [6, 6.07) is 25.0. The van der Waals surface area contributed by atoms with Crippen molar-refractivity contribution in [3.63, 3.8) is 0 Å². The monoisotopic (exact) mass is 308 g/mol. The molecule has 0 heterocycles. The van der Waals surface area contributed by atoms with Crippen LogP contribution < -0.4 is 4.74 Å². The summed E-state index contributed by atoms with van der Waals surface area (Å²) in [4.78, 5) is 0. The molecule has 0 fully saturated rings. The molecule has 0 bridgehead atoms. The van der Waals surface area contributed by atoms with Gasteiger partial charge in [-0.2, -0.15) is 0 Å². The van der Waals surface area contributed by atoms with Crippen molar-refractivity contribution < 1.29 is 4.74 Å². The van der Waals surface area contributed by atoms with Gasteiger partial charge in [0.1, 0.15) is 5.75 Å². The number of halogens is 1. The molecule has 0 amide bonds. The maximum absolute atomic E-state index is 6.08. The predicted octanol–water partition coefficient (Wildman–Crippen LogP) is 5.77. The summed E-state index contributed by atoms with van der Waals surface area (Å²) in [5.41, 5.74) is 5.83. The number of methoxy groups -OCH3 is 1. The molecule has 3 aromatic rings. The first-order chi connectivity index (χ1) is 10.8. The molecular weight excluding hydrogens is 292 g/mol. The molecule has 110 valence electrons. The van der Waals surface area contributed by atoms with Crippen LogP contribution in [-0.4, -0.2) is 7.11 Å². The van der Waals surface area contributed by atoms with E-state index in [9.17, 15) is 0 Å². The Balaban J connectivity index is 1.96. The molecule has 1 nitrogen and oxygen atoms in total. The summed E-state index contributed by atoms with van der Waals surface area (Å²) >= 11 is 6.08. The van der Waals surface area contributed by atoms with Gasteiger partial charge in [-0.25, -0.2) is 0 Å². The highest BCUT2D eigenvalue weighted by Crippen LogP contribution is 2.30. The molecule has 0 aromatic heterocycles. The Labute approximate surface area is 136 Å². The average Bonchev–Trinajstić information content (AvgIpc) is 2.62. The van der Waals surface area contributed by atoms with Crippen LogP contribution in [0.4, 0.5) is 0 Å². The SMILES string of the molecule is COc1ccc(-c2ccc(-c3ccccc3)cc2)c(CCl)c1. The Bertz CT molecular complexity index is 748. The van der Waals surface area contributed by atoms with Gasteiger partial charge in [-0.15, -0.1) is 11.6 Å². The zero-order valence-electron chi connectivity index (χ0n) is 12.4. The molecule has 0 saturated heterocycles. The Kier molecular flexibility index (Phi) is 4.45. The van der Waals surface area contributed by atoms with Gasteiger partial charge in [-0.1, -0.05) is 60.7 Å². The molecule has 0 N–H and O–H groups in total. The second-order valence-corrected chi connectivity index (χ2v) is 5.37. The van der Waals surface area contributed by atoms with Crippen LogP contribution in [0.1, 0.15) is 5.56 Å². The van der Waals surface area contributed by atoms with Gasteiger partial charge in [0.25, 0.3) is 0 Å². The molecule has 0 radical (unpaired) electrons. The first-order valence-electron chi connectivity index (χ1n) is 7.20. The third-order valence-corrected chi connectivity index (χ3v) is 4.05. The summed E-state index contributed by atoms with van der Waals surface area (Å²) in [6.45, 7) is 0. The number of rotatable bonds is 4. The van der Waals surface area contributed by atoms with Crippen molar-refractivity contribution in [2.45, 2.75) is 5.88 Å². The van der Waals surface area contributed by atoms with Crippen LogP contribution in [0.25, 0.3) is 22.3 Å². The third-order valence-electron chi connectivity index (χ3n) is 3.76. The summed E-state index contributed by atoms with van der Waals surface area (Å²) in [5.74, 6) is 1.30. The van der Waals surface area contributed by atoms with E-state index in [1.165, 1.54) is 11.1 Å². The highest BCUT2D eigenvalue weighted by Gasteiger charge is 2.06. The fraction of sp³-hybridized carbons (Fsp3) is 0.100. The van der Waals surface area contributed by atoms with Gasteiger partial charge < -0.3 is 4.74 Å². The normalized spacial score (nSPS) is 10.5. The molecular formula is C20H17ClO. The lowest BCUT2D eigenvalue weighted by Gasteiger charge is -2.10. The van der Waals surface area contributed by atoms with E-state index in [1.807, 2.05) is 18.2 Å². The molecule has 0 unspecified atom stereocenters. The molecule has 0 aliphatic carbocycles. The topological polar surface area (TPSA) is 9.23 Å². The maximum Gasteiger partial charge on any atom is 0.119 e. The van der Waals surface area contributed by atoms with Crippen molar-refractivity contribution in [3.8, 4) is 28.0 Å². The third kappa shape index (κ3) is 3.00. The average molecular weight is 309 g/mol. The molecule has 0 saturated carbocycles. The Morgan fingerprint density at radius 3 is 2.05 bits per heavy atom. The highest BCUT2D eigenvalue weighted by atomic mass is 35.5. The van der Waals surface area contributed by atoms with E-state index in [-0.39, 0.29) is 0 Å². The van der Waals surface area contributed by atoms with E-state index in [2.05, 4.69) is 54.6 Å². The summed E-state index contributed by atoms with van der Waals surface area (Å²) < 4.78 is 5.27. The molecule has 2 heteroatoms. The minimum absolute atomic E-state index is 0.465. The molecule has 0 aliphatic rings. The maximum atomic E-state index is 6.08. The van der Waals surface area contributed by atoms with Gasteiger partial charge >= 0.3 is 0 Å². The Morgan fingerprint density at radius 1 is 0.773 bits per heavy atom. The van der Waals surface area contributed by atoms with E-state index in [1.54, 1.807) is 7.11 Å². The van der Waals surface area contributed by atoms with Crippen molar-refractivity contribution in [3.05, 3.63) is 78.4 Å². The first kappa shape index (κ1) is 14.7. The van der Waals surface area contributed by atoms with Crippen molar-refractivity contribution in [2.24, 2.45) is 0 Å². The van der Waals surface area contributed by atoms with E-state index in [4.69, 9.17) is 16.3 Å². The van der Waals surface area contributed by atoms with E-state index in [0.717, 1.165) is 22.4 Å². The minimum Gasteiger partial charge on any atom is -0.497 e. The first-order valence-corrected chi connectivity index (χ1v) is 7.74. The van der Waals surface area contributed by atoms with Crippen LogP contribution in [0.15, 0.2) is 72.8 Å². The van der Waals surface area contributed by atoms with Gasteiger partial charge in [-0.3, -0.25) is 0 Å². The molecule has 0 spiro atoms. The minimum atomic E-state index is 0.465. The van der Waals surface area contributed by atoms with Crippen LogP contribution >= 0.6 is 11.6 Å². The van der Waals surface area contributed by atoms with Crippen LogP contribution in [-0.2, 0) is 5.88 Å². The number of hydrogen-bond donors (Lipinski definition) is 0. The largest absolute Gasteiger partial charge is 0.497 e. The van der Waals surface area contributed by atoms with E-state index < -0.39 is 0 Å². The highest BCUT2D eigenvalue weighted by molar-refractivity contribution is 6.17. The van der Waals surface area contributed by atoms with Crippen LogP contribution in [0, 0.1) is 0 Å². The van der Waals surface area contributed by atoms with Gasteiger partial charge in [0.15, 0.2) is 0 Å². The standard InChI is InChI=1S/C20H17ClO/c1-22-19-11-12-20(18(13-19)14-21)17-9-7-16(8-10-17)15-5-3-2-4-6-15/h2-13H,14H2,1H3. The van der Waals surface area contributed by atoms with E-state index >= 15 is 0 Å². The Hall–Kier alpha value is -2.25. The number of ether oxygens (including phenoxy) is 1. The lowest BCUT2D eigenvalue weighted by molar-refractivity contribution is 0.414. The predicted molar refractivity (Wildman–Crippen MR) is 93.4 cm³/mol. The fourth-order valence-electron chi connectivity index (χ4n) is 2.56. The number of hydrogen-bond acceptors (Lipinski definition) is 1. The van der Waals surface area contributed by atoms with Gasteiger partial charge in [0.2, 0.25) is 0 Å². The smallest absolute Gasteiger partial charge is 0.119 e. The number of alkyl halides is 1. The van der Waals surface area contributed by atoms with Gasteiger partial charge in [-0.05, 0) is 39.9 Å². The molecule has 0 aliphatic heterocycles. The lowest BCUT2D eigenvalue weighted by atomic mass is 9.97. The Morgan fingerprint density at radius 2 is 1.41 bits per heavy atom. The summed E-state index contributed by atoms with van der Waals surface area (Å²) in [7, 11) is 1.67. The quantitative estimate of drug-likeness (QED) is 0.556. The number of benzene rings is 3. The summed E-state index contributed by atoms with van der Waals surface area (Å²) in [5, 5.41) is 0. The zero-order chi connectivity index (χ0) is 15.4. The van der Waals surface area contributed by atoms with Gasteiger partial charge in [0, 0.05) is 5.88 Å². The second kappa shape index (κ2) is 6.67. The second-order valence-electron chi connectivity index (χ2n) is 5.10. The van der Waals surface area contributed by atoms with Gasteiger partial charge in [0.05, 0.1) is 7.11 Å². The zero-order valence-corrected chi connectivity index (χ0v) is 13.2. The molecule has 0 atom stereocenters. The van der Waals surface area contributed by atoms with Crippen molar-refractivity contribution in [1.82, 2.24) is 0 Å². The van der Waals surface area contributed by atoms with E-state index in [0.29, 0.717) is 5.88 Å². The molecule has 3 aromatic carbocycles.